The SMILES string of the molecule is COc1cccc(OC)c1-c1nccc2c(-c3ccc(F)cc3F)ccnc12. The van der Waals surface area contributed by atoms with E-state index in [0.717, 1.165) is 6.07 Å². The van der Waals surface area contributed by atoms with Crippen LogP contribution in [0.1, 0.15) is 0 Å². The molecule has 28 heavy (non-hydrogen) atoms. The van der Waals surface area contributed by atoms with Gasteiger partial charge in [-0.15, -0.1) is 0 Å². The van der Waals surface area contributed by atoms with E-state index in [4.69, 9.17) is 9.47 Å². The maximum Gasteiger partial charge on any atom is 0.133 e. The van der Waals surface area contributed by atoms with Crippen LogP contribution in [0.2, 0.25) is 0 Å². The molecular formula is C22H16F2N2O2. The van der Waals surface area contributed by atoms with Gasteiger partial charge in [0.05, 0.1) is 25.3 Å². The molecule has 4 nitrogen and oxygen atoms in total. The highest BCUT2D eigenvalue weighted by molar-refractivity contribution is 6.02. The summed E-state index contributed by atoms with van der Waals surface area (Å²) in [6.45, 7) is 0. The van der Waals surface area contributed by atoms with E-state index in [2.05, 4.69) is 9.97 Å². The van der Waals surface area contributed by atoms with Crippen molar-refractivity contribution >= 4 is 10.9 Å². The van der Waals surface area contributed by atoms with Crippen LogP contribution < -0.4 is 9.47 Å². The Balaban J connectivity index is 2.03. The first-order valence-electron chi connectivity index (χ1n) is 8.54. The summed E-state index contributed by atoms with van der Waals surface area (Å²) >= 11 is 0. The molecule has 0 bridgehead atoms. The topological polar surface area (TPSA) is 44.2 Å². The summed E-state index contributed by atoms with van der Waals surface area (Å²) in [5.74, 6) is -0.0968. The third kappa shape index (κ3) is 2.93. The first-order chi connectivity index (χ1) is 13.6. The molecule has 0 saturated carbocycles. The van der Waals surface area contributed by atoms with E-state index >= 15 is 0 Å². The van der Waals surface area contributed by atoms with Crippen molar-refractivity contribution in [3.05, 3.63) is 72.6 Å². The molecule has 140 valence electrons. The van der Waals surface area contributed by atoms with Crippen LogP contribution in [-0.2, 0) is 0 Å². The van der Waals surface area contributed by atoms with E-state index in [1.54, 1.807) is 38.7 Å². The molecule has 0 fully saturated rings. The first-order valence-corrected chi connectivity index (χ1v) is 8.54. The van der Waals surface area contributed by atoms with Crippen molar-refractivity contribution in [1.29, 1.82) is 0 Å². The highest BCUT2D eigenvalue weighted by atomic mass is 19.1. The first kappa shape index (κ1) is 17.9. The Morgan fingerprint density at radius 2 is 1.50 bits per heavy atom. The zero-order valence-electron chi connectivity index (χ0n) is 15.2. The molecule has 6 heteroatoms. The lowest BCUT2D eigenvalue weighted by atomic mass is 9.98. The molecule has 0 amide bonds. The van der Waals surface area contributed by atoms with Gasteiger partial charge in [-0.1, -0.05) is 6.07 Å². The van der Waals surface area contributed by atoms with E-state index in [1.165, 1.54) is 12.1 Å². The minimum atomic E-state index is -0.638. The molecule has 2 aromatic carbocycles. The van der Waals surface area contributed by atoms with Crippen LogP contribution in [0, 0.1) is 11.6 Å². The van der Waals surface area contributed by atoms with E-state index in [0.29, 0.717) is 39.2 Å². The molecule has 0 radical (unpaired) electrons. The fourth-order valence-corrected chi connectivity index (χ4v) is 3.29. The fraction of sp³-hybridized carbons (Fsp3) is 0.0909. The van der Waals surface area contributed by atoms with Crippen LogP contribution in [0.25, 0.3) is 33.3 Å². The molecule has 2 heterocycles. The normalized spacial score (nSPS) is 10.9. The van der Waals surface area contributed by atoms with Crippen molar-refractivity contribution in [2.45, 2.75) is 0 Å². The number of hydrogen-bond donors (Lipinski definition) is 0. The van der Waals surface area contributed by atoms with Crippen LogP contribution in [0.3, 0.4) is 0 Å². The highest BCUT2D eigenvalue weighted by Gasteiger charge is 2.19. The Labute approximate surface area is 160 Å². The van der Waals surface area contributed by atoms with E-state index in [1.807, 2.05) is 18.2 Å². The molecule has 0 unspecified atom stereocenters. The summed E-state index contributed by atoms with van der Waals surface area (Å²) in [4.78, 5) is 8.96. The van der Waals surface area contributed by atoms with Crippen molar-refractivity contribution in [2.24, 2.45) is 0 Å². The molecule has 0 atom stereocenters. The molecule has 0 aliphatic carbocycles. The molecule has 2 aromatic heterocycles. The summed E-state index contributed by atoms with van der Waals surface area (Å²) in [6.07, 6.45) is 3.20. The second-order valence-corrected chi connectivity index (χ2v) is 6.08. The number of halogens is 2. The Kier molecular flexibility index (Phi) is 4.61. The number of rotatable bonds is 4. The maximum absolute atomic E-state index is 14.4. The summed E-state index contributed by atoms with van der Waals surface area (Å²) in [5, 5.41) is 0.686. The van der Waals surface area contributed by atoms with Gasteiger partial charge in [-0.2, -0.15) is 0 Å². The van der Waals surface area contributed by atoms with Crippen molar-refractivity contribution in [2.75, 3.05) is 14.2 Å². The van der Waals surface area contributed by atoms with Gasteiger partial charge in [0, 0.05) is 29.4 Å². The molecule has 0 N–H and O–H groups in total. The van der Waals surface area contributed by atoms with Gasteiger partial charge in [0.15, 0.2) is 0 Å². The Bertz CT molecular complexity index is 1160. The largest absolute Gasteiger partial charge is 0.496 e. The van der Waals surface area contributed by atoms with Gasteiger partial charge in [0.1, 0.15) is 28.8 Å². The number of ether oxygens (including phenoxy) is 2. The molecule has 0 saturated heterocycles. The molecule has 4 rings (SSSR count). The van der Waals surface area contributed by atoms with Crippen molar-refractivity contribution in [1.82, 2.24) is 9.97 Å². The smallest absolute Gasteiger partial charge is 0.133 e. The average Bonchev–Trinajstić information content (AvgIpc) is 2.72. The standard InChI is InChI=1S/C22H16F2N2O2/c1-27-18-4-3-5-19(28-2)20(18)22-21-16(9-11-26-22)14(8-10-25-21)15-7-6-13(23)12-17(15)24/h3-12H,1-2H3. The van der Waals surface area contributed by atoms with Gasteiger partial charge in [-0.05, 0) is 42.0 Å². The van der Waals surface area contributed by atoms with Gasteiger partial charge in [0.2, 0.25) is 0 Å². The zero-order valence-corrected chi connectivity index (χ0v) is 15.2. The summed E-state index contributed by atoms with van der Waals surface area (Å²) in [7, 11) is 3.13. The number of fused-ring (bicyclic) bond motifs is 1. The maximum atomic E-state index is 14.4. The molecule has 0 aliphatic rings. The van der Waals surface area contributed by atoms with Gasteiger partial charge in [-0.25, -0.2) is 8.78 Å². The Hall–Kier alpha value is -3.54. The molecular weight excluding hydrogens is 362 g/mol. The number of aromatic nitrogens is 2. The third-order valence-corrected chi connectivity index (χ3v) is 4.55. The zero-order chi connectivity index (χ0) is 19.7. The monoisotopic (exact) mass is 378 g/mol. The lowest BCUT2D eigenvalue weighted by Crippen LogP contribution is -1.97. The van der Waals surface area contributed by atoms with Crippen LogP contribution in [0.5, 0.6) is 11.5 Å². The van der Waals surface area contributed by atoms with Crippen LogP contribution in [-0.4, -0.2) is 24.2 Å². The lowest BCUT2D eigenvalue weighted by molar-refractivity contribution is 0.397. The Morgan fingerprint density at radius 1 is 0.786 bits per heavy atom. The number of nitrogens with zero attached hydrogens (tertiary/aromatic N) is 2. The summed E-state index contributed by atoms with van der Waals surface area (Å²) in [6, 6.07) is 12.4. The fourth-order valence-electron chi connectivity index (χ4n) is 3.29. The molecule has 4 aromatic rings. The highest BCUT2D eigenvalue weighted by Crippen LogP contribution is 2.41. The number of benzene rings is 2. The number of pyridine rings is 2. The Morgan fingerprint density at radius 3 is 2.18 bits per heavy atom. The summed E-state index contributed by atoms with van der Waals surface area (Å²) < 4.78 is 38.7. The van der Waals surface area contributed by atoms with Crippen molar-refractivity contribution < 1.29 is 18.3 Å². The molecule has 0 spiro atoms. The van der Waals surface area contributed by atoms with E-state index in [9.17, 15) is 8.78 Å². The van der Waals surface area contributed by atoms with E-state index in [-0.39, 0.29) is 5.56 Å². The lowest BCUT2D eigenvalue weighted by Gasteiger charge is -2.15. The second kappa shape index (κ2) is 7.23. The molecule has 0 aliphatic heterocycles. The van der Waals surface area contributed by atoms with Crippen molar-refractivity contribution in [3.63, 3.8) is 0 Å². The second-order valence-electron chi connectivity index (χ2n) is 6.08. The predicted octanol–water partition coefficient (Wildman–Crippen LogP) is 5.26. The van der Waals surface area contributed by atoms with Crippen LogP contribution in [0.4, 0.5) is 8.78 Å². The van der Waals surface area contributed by atoms with Gasteiger partial charge in [-0.3, -0.25) is 9.97 Å². The van der Waals surface area contributed by atoms with E-state index < -0.39 is 11.6 Å². The minimum Gasteiger partial charge on any atom is -0.496 e. The van der Waals surface area contributed by atoms with Gasteiger partial charge >= 0.3 is 0 Å². The number of methoxy groups -OCH3 is 2. The average molecular weight is 378 g/mol. The van der Waals surface area contributed by atoms with Crippen LogP contribution >= 0.6 is 0 Å². The van der Waals surface area contributed by atoms with Crippen LogP contribution in [0.15, 0.2) is 60.9 Å². The number of hydrogen-bond acceptors (Lipinski definition) is 4. The minimum absolute atomic E-state index is 0.290. The predicted molar refractivity (Wildman–Crippen MR) is 103 cm³/mol. The quantitative estimate of drug-likeness (QED) is 0.486. The third-order valence-electron chi connectivity index (χ3n) is 4.55. The van der Waals surface area contributed by atoms with Gasteiger partial charge < -0.3 is 9.47 Å². The van der Waals surface area contributed by atoms with Gasteiger partial charge in [0.25, 0.3) is 0 Å². The van der Waals surface area contributed by atoms with Crippen molar-refractivity contribution in [3.8, 4) is 33.9 Å². The summed E-state index contributed by atoms with van der Waals surface area (Å²) in [5.41, 5.74) is 2.66.